The van der Waals surface area contributed by atoms with Crippen molar-refractivity contribution >= 4 is 35.0 Å². The van der Waals surface area contributed by atoms with Gasteiger partial charge in [-0.2, -0.15) is 0 Å². The van der Waals surface area contributed by atoms with Crippen molar-refractivity contribution in [3.05, 3.63) is 88.1 Å². The van der Waals surface area contributed by atoms with Crippen LogP contribution in [0.15, 0.2) is 72.1 Å². The first-order valence-corrected chi connectivity index (χ1v) is 9.79. The molecule has 0 aliphatic rings. The first-order chi connectivity index (χ1) is 14.5. The van der Waals surface area contributed by atoms with Crippen molar-refractivity contribution in [2.24, 2.45) is 0 Å². The van der Waals surface area contributed by atoms with E-state index in [0.717, 1.165) is 0 Å². The molecule has 0 atom stereocenters. The van der Waals surface area contributed by atoms with Crippen molar-refractivity contribution in [3.8, 4) is 5.75 Å². The highest BCUT2D eigenvalue weighted by atomic mass is 32.1. The molecule has 0 unspecified atom stereocenters. The van der Waals surface area contributed by atoms with E-state index in [9.17, 15) is 19.2 Å². The number of thiophene rings is 1. The SMILES string of the molecule is O=C(CNC(=O)c1cccs1)OCC(=O)c1ccc(OC(=O)c2ccccc2)cc1. The second-order valence-corrected chi connectivity index (χ2v) is 6.97. The molecule has 152 valence electrons. The molecule has 0 aliphatic carbocycles. The van der Waals surface area contributed by atoms with Gasteiger partial charge in [-0.3, -0.25) is 14.4 Å². The van der Waals surface area contributed by atoms with Crippen LogP contribution in [0.25, 0.3) is 0 Å². The van der Waals surface area contributed by atoms with Gasteiger partial charge >= 0.3 is 11.9 Å². The summed E-state index contributed by atoms with van der Waals surface area (Å²) in [4.78, 5) is 48.1. The Morgan fingerprint density at radius 1 is 0.833 bits per heavy atom. The molecule has 0 aliphatic heterocycles. The second kappa shape index (κ2) is 10.1. The fourth-order valence-electron chi connectivity index (χ4n) is 2.38. The number of hydrogen-bond donors (Lipinski definition) is 1. The fraction of sp³-hybridized carbons (Fsp3) is 0.0909. The van der Waals surface area contributed by atoms with Crippen molar-refractivity contribution in [1.29, 1.82) is 0 Å². The van der Waals surface area contributed by atoms with E-state index in [-0.39, 0.29) is 18.2 Å². The van der Waals surface area contributed by atoms with Crippen molar-refractivity contribution in [2.75, 3.05) is 13.2 Å². The summed E-state index contributed by atoms with van der Waals surface area (Å²) in [7, 11) is 0. The van der Waals surface area contributed by atoms with Gasteiger partial charge in [-0.05, 0) is 47.8 Å². The molecule has 3 aromatic rings. The molecule has 1 aromatic heterocycles. The Balaban J connectivity index is 1.44. The third kappa shape index (κ3) is 5.86. The zero-order valence-electron chi connectivity index (χ0n) is 15.7. The topological polar surface area (TPSA) is 98.8 Å². The molecule has 1 amide bonds. The average Bonchev–Trinajstić information content (AvgIpc) is 3.32. The van der Waals surface area contributed by atoms with E-state index in [0.29, 0.717) is 16.0 Å². The molecule has 7 nitrogen and oxygen atoms in total. The zero-order valence-corrected chi connectivity index (χ0v) is 16.5. The molecule has 3 rings (SSSR count). The summed E-state index contributed by atoms with van der Waals surface area (Å²) in [5.41, 5.74) is 0.709. The number of rotatable bonds is 8. The molecule has 2 aromatic carbocycles. The van der Waals surface area contributed by atoms with Crippen LogP contribution in [-0.4, -0.2) is 36.8 Å². The zero-order chi connectivity index (χ0) is 21.3. The lowest BCUT2D eigenvalue weighted by Gasteiger charge is -2.07. The summed E-state index contributed by atoms with van der Waals surface area (Å²) in [5.74, 6) is -1.74. The number of amides is 1. The lowest BCUT2D eigenvalue weighted by Crippen LogP contribution is -2.31. The third-order valence-electron chi connectivity index (χ3n) is 3.90. The van der Waals surface area contributed by atoms with Crippen LogP contribution in [0.3, 0.4) is 0 Å². The van der Waals surface area contributed by atoms with Crippen LogP contribution in [0.1, 0.15) is 30.4 Å². The van der Waals surface area contributed by atoms with Crippen LogP contribution < -0.4 is 10.1 Å². The molecule has 30 heavy (non-hydrogen) atoms. The van der Waals surface area contributed by atoms with Gasteiger partial charge in [0.15, 0.2) is 12.4 Å². The number of carbonyl (C=O) groups is 4. The van der Waals surface area contributed by atoms with Gasteiger partial charge in [-0.1, -0.05) is 24.3 Å². The van der Waals surface area contributed by atoms with Crippen molar-refractivity contribution < 1.29 is 28.7 Å². The highest BCUT2D eigenvalue weighted by molar-refractivity contribution is 7.12. The van der Waals surface area contributed by atoms with Gasteiger partial charge in [-0.15, -0.1) is 11.3 Å². The number of Topliss-reactive ketones (excluding diaryl/α,β-unsaturated/α-hetero) is 1. The predicted octanol–water partition coefficient (Wildman–Crippen LogP) is 3.12. The minimum absolute atomic E-state index is 0.286. The Kier molecular flexibility index (Phi) is 7.07. The smallest absolute Gasteiger partial charge is 0.343 e. The average molecular weight is 423 g/mol. The summed E-state index contributed by atoms with van der Waals surface area (Å²) >= 11 is 1.25. The second-order valence-electron chi connectivity index (χ2n) is 6.02. The first-order valence-electron chi connectivity index (χ1n) is 8.91. The number of ketones is 1. The summed E-state index contributed by atoms with van der Waals surface area (Å²) in [6.45, 7) is -0.796. The maximum Gasteiger partial charge on any atom is 0.343 e. The quantitative estimate of drug-likeness (QED) is 0.340. The van der Waals surface area contributed by atoms with Gasteiger partial charge in [0.1, 0.15) is 12.3 Å². The first kappa shape index (κ1) is 20.9. The Hall–Kier alpha value is -3.78. The molecule has 0 saturated heterocycles. The summed E-state index contributed by atoms with van der Waals surface area (Å²) in [6.07, 6.45) is 0. The normalized spacial score (nSPS) is 10.1. The van der Waals surface area contributed by atoms with Gasteiger partial charge in [0.05, 0.1) is 10.4 Å². The molecule has 0 saturated carbocycles. The van der Waals surface area contributed by atoms with E-state index in [1.165, 1.54) is 35.6 Å². The van der Waals surface area contributed by atoms with Crippen LogP contribution in [0.4, 0.5) is 0 Å². The summed E-state index contributed by atoms with van der Waals surface area (Å²) < 4.78 is 10.1. The van der Waals surface area contributed by atoms with Crippen LogP contribution in [-0.2, 0) is 9.53 Å². The lowest BCUT2D eigenvalue weighted by atomic mass is 10.1. The van der Waals surface area contributed by atoms with Crippen molar-refractivity contribution in [1.82, 2.24) is 5.32 Å². The number of esters is 2. The molecule has 0 radical (unpaired) electrons. The molecule has 1 heterocycles. The highest BCUT2D eigenvalue weighted by Gasteiger charge is 2.13. The lowest BCUT2D eigenvalue weighted by molar-refractivity contribution is -0.141. The highest BCUT2D eigenvalue weighted by Crippen LogP contribution is 2.15. The Bertz CT molecular complexity index is 1030. The molecule has 8 heteroatoms. The van der Waals surface area contributed by atoms with E-state index in [1.807, 2.05) is 0 Å². The van der Waals surface area contributed by atoms with Gasteiger partial charge in [0, 0.05) is 5.56 Å². The number of carbonyl (C=O) groups excluding carboxylic acids is 4. The van der Waals surface area contributed by atoms with E-state index < -0.39 is 24.3 Å². The molecular formula is C22H17NO6S. The maximum atomic E-state index is 12.2. The molecular weight excluding hydrogens is 406 g/mol. The Labute approximate surface area is 176 Å². The Morgan fingerprint density at radius 3 is 2.23 bits per heavy atom. The van der Waals surface area contributed by atoms with E-state index in [4.69, 9.17) is 9.47 Å². The van der Waals surface area contributed by atoms with Gasteiger partial charge < -0.3 is 14.8 Å². The van der Waals surface area contributed by atoms with Crippen LogP contribution >= 0.6 is 11.3 Å². The third-order valence-corrected chi connectivity index (χ3v) is 4.77. The van der Waals surface area contributed by atoms with Crippen LogP contribution in [0, 0.1) is 0 Å². The van der Waals surface area contributed by atoms with Gasteiger partial charge in [0.25, 0.3) is 5.91 Å². The van der Waals surface area contributed by atoms with E-state index in [2.05, 4.69) is 5.32 Å². The van der Waals surface area contributed by atoms with Gasteiger partial charge in [-0.25, -0.2) is 4.79 Å². The van der Waals surface area contributed by atoms with Crippen molar-refractivity contribution in [3.63, 3.8) is 0 Å². The number of benzene rings is 2. The predicted molar refractivity (Wildman–Crippen MR) is 110 cm³/mol. The van der Waals surface area contributed by atoms with E-state index >= 15 is 0 Å². The number of nitrogens with one attached hydrogen (secondary N) is 1. The minimum Gasteiger partial charge on any atom is -0.456 e. The molecule has 0 fully saturated rings. The molecule has 0 spiro atoms. The van der Waals surface area contributed by atoms with Gasteiger partial charge in [0.2, 0.25) is 0 Å². The largest absolute Gasteiger partial charge is 0.456 e. The number of hydrogen-bond acceptors (Lipinski definition) is 7. The van der Waals surface area contributed by atoms with E-state index in [1.54, 1.807) is 47.8 Å². The number of ether oxygens (including phenoxy) is 2. The summed E-state index contributed by atoms with van der Waals surface area (Å²) in [5, 5.41) is 4.17. The van der Waals surface area contributed by atoms with Crippen molar-refractivity contribution in [2.45, 2.75) is 0 Å². The summed E-state index contributed by atoms with van der Waals surface area (Å²) in [6, 6.07) is 17.8. The fourth-order valence-corrected chi connectivity index (χ4v) is 3.02. The van der Waals surface area contributed by atoms with Crippen LogP contribution in [0.2, 0.25) is 0 Å². The van der Waals surface area contributed by atoms with Crippen LogP contribution in [0.5, 0.6) is 5.75 Å². The maximum absolute atomic E-state index is 12.2. The molecule has 1 N–H and O–H groups in total. The molecule has 0 bridgehead atoms. The Morgan fingerprint density at radius 2 is 1.57 bits per heavy atom. The standard InChI is InChI=1S/C22H17NO6S/c24-18(14-28-20(25)13-23-21(26)19-7-4-12-30-19)15-8-10-17(11-9-15)29-22(27)16-5-2-1-3-6-16/h1-12H,13-14H2,(H,23,26). The monoisotopic (exact) mass is 423 g/mol. The minimum atomic E-state index is -0.721.